The minimum Gasteiger partial charge on any atom is -0.456 e. The molecule has 0 fully saturated rings. The Morgan fingerprint density at radius 3 is 1.87 bits per heavy atom. The minimum absolute atomic E-state index is 0.753. The molecule has 2 aromatic heterocycles. The molecule has 0 bridgehead atoms. The van der Waals surface area contributed by atoms with E-state index in [1.165, 1.54) is 87.7 Å². The van der Waals surface area contributed by atoms with Crippen LogP contribution in [0.15, 0.2) is 233 Å². The van der Waals surface area contributed by atoms with Crippen molar-refractivity contribution in [2.24, 2.45) is 0 Å². The monoisotopic (exact) mass is 912 g/mol. The normalized spacial score (nSPS) is 14.8. The molecule has 0 amide bonds. The highest BCUT2D eigenvalue weighted by Gasteiger charge is 2.21. The van der Waals surface area contributed by atoms with Gasteiger partial charge in [-0.25, -0.2) is 0 Å². The van der Waals surface area contributed by atoms with Gasteiger partial charge in [0, 0.05) is 21.9 Å². The van der Waals surface area contributed by atoms with Crippen molar-refractivity contribution in [1.29, 1.82) is 0 Å². The van der Waals surface area contributed by atoms with Gasteiger partial charge in [0.25, 0.3) is 0 Å². The summed E-state index contributed by atoms with van der Waals surface area (Å²) in [6.07, 6.45) is 42.3. The number of rotatable bonds is 10. The molecule has 0 saturated carbocycles. The Labute approximate surface area is 414 Å². The zero-order valence-electron chi connectivity index (χ0n) is 40.1. The standard InChI is InChI=1S/C69H52O2/c1-3-5-28-58-63-42-49-43-64-59(29-6-4-2)66(40-38-57-53-32-19-21-35-60(53)69(47-25-13-9-10-14-26-47)61-36-22-20-33-54(57)61)71-68(64)45-50(49)44-67(63)70-65(58)39-37-56-51-30-16-15-27-48(51)41-62(46-23-11-7-8-12-24-46)55-34-18-17-31-52(55)56/h3-9,11-23,25-27,30-40,42-45H,24,28-29,41H2,1-2H3/b5-3-,6-4-,39-37+,40-38+. The second kappa shape index (κ2) is 19.0. The van der Waals surface area contributed by atoms with Crippen LogP contribution in [-0.2, 0) is 19.3 Å². The fourth-order valence-electron chi connectivity index (χ4n) is 10.9. The summed E-state index contributed by atoms with van der Waals surface area (Å²) in [4.78, 5) is 0. The molecule has 7 aromatic carbocycles. The summed E-state index contributed by atoms with van der Waals surface area (Å²) < 4.78 is 13.8. The summed E-state index contributed by atoms with van der Waals surface area (Å²) in [6, 6.07) is 44.3. The number of benzene rings is 7. The molecule has 2 heteroatoms. The van der Waals surface area contributed by atoms with E-state index in [4.69, 9.17) is 8.83 Å². The highest BCUT2D eigenvalue weighted by atomic mass is 16.3. The van der Waals surface area contributed by atoms with Gasteiger partial charge in [0.1, 0.15) is 22.7 Å². The van der Waals surface area contributed by atoms with E-state index in [9.17, 15) is 0 Å². The van der Waals surface area contributed by atoms with Crippen LogP contribution in [0.1, 0.15) is 65.2 Å². The molecule has 9 aromatic rings. The lowest BCUT2D eigenvalue weighted by molar-refractivity contribution is 0.600. The van der Waals surface area contributed by atoms with Gasteiger partial charge >= 0.3 is 0 Å². The van der Waals surface area contributed by atoms with E-state index in [-0.39, 0.29) is 0 Å². The van der Waals surface area contributed by atoms with E-state index >= 15 is 0 Å². The lowest BCUT2D eigenvalue weighted by atomic mass is 9.87. The van der Waals surface area contributed by atoms with Gasteiger partial charge in [0.15, 0.2) is 0 Å². The molecule has 0 N–H and O–H groups in total. The third-order valence-electron chi connectivity index (χ3n) is 14.3. The van der Waals surface area contributed by atoms with Gasteiger partial charge < -0.3 is 8.83 Å². The maximum Gasteiger partial charge on any atom is 0.135 e. The highest BCUT2D eigenvalue weighted by Crippen LogP contribution is 2.41. The van der Waals surface area contributed by atoms with Gasteiger partial charge in [-0.2, -0.15) is 0 Å². The molecule has 0 atom stereocenters. The van der Waals surface area contributed by atoms with E-state index in [1.54, 1.807) is 0 Å². The lowest BCUT2D eigenvalue weighted by Crippen LogP contribution is -2.28. The topological polar surface area (TPSA) is 26.3 Å². The molecule has 0 unspecified atom stereocenters. The summed E-state index contributed by atoms with van der Waals surface area (Å²) in [7, 11) is 0. The van der Waals surface area contributed by atoms with Crippen molar-refractivity contribution in [3.05, 3.63) is 279 Å². The first kappa shape index (κ1) is 43.6. The van der Waals surface area contributed by atoms with Gasteiger partial charge in [-0.1, -0.05) is 176 Å². The van der Waals surface area contributed by atoms with Gasteiger partial charge in [-0.15, -0.1) is 5.73 Å². The SMILES string of the molecule is C/C=C\Cc1c(/C=C/C2=c3ccccc3=C(C3=CC=CC=CC3)Cc3ccccc32)oc2cc3cc4oc(/C=C/c5c6ccccc6c(C6=CC=C=CC=C6)c6ccccc56)c(C/C=C\C)c4cc3cc12. The first-order valence-electron chi connectivity index (χ1n) is 24.8. The minimum atomic E-state index is 0.753. The lowest BCUT2D eigenvalue weighted by Gasteiger charge is -2.16. The number of fused-ring (bicyclic) bond motifs is 7. The van der Waals surface area contributed by atoms with Gasteiger partial charge in [0.05, 0.1) is 0 Å². The zero-order valence-corrected chi connectivity index (χ0v) is 40.1. The molecule has 0 aliphatic heterocycles. The average Bonchev–Trinajstić information content (AvgIpc) is 3.58. The summed E-state index contributed by atoms with van der Waals surface area (Å²) in [5.41, 5.74) is 17.4. The highest BCUT2D eigenvalue weighted by molar-refractivity contribution is 6.16. The van der Waals surface area contributed by atoms with Crippen molar-refractivity contribution in [2.75, 3.05) is 0 Å². The predicted molar refractivity (Wildman–Crippen MR) is 302 cm³/mol. The average molecular weight is 913 g/mol. The first-order chi connectivity index (χ1) is 35.1. The second-order valence-corrected chi connectivity index (χ2v) is 18.5. The summed E-state index contributed by atoms with van der Waals surface area (Å²) in [6.45, 7) is 4.17. The second-order valence-electron chi connectivity index (χ2n) is 18.5. The third-order valence-corrected chi connectivity index (χ3v) is 14.3. The van der Waals surface area contributed by atoms with E-state index in [0.717, 1.165) is 69.9 Å². The molecular formula is C69H52O2. The maximum atomic E-state index is 6.91. The van der Waals surface area contributed by atoms with E-state index in [1.807, 2.05) is 12.2 Å². The van der Waals surface area contributed by atoms with Gasteiger partial charge in [-0.3, -0.25) is 0 Å². The van der Waals surface area contributed by atoms with Crippen molar-refractivity contribution in [2.45, 2.75) is 39.5 Å². The summed E-state index contributed by atoms with van der Waals surface area (Å²) in [5.74, 6) is 1.74. The Hall–Kier alpha value is -8.68. The Kier molecular flexibility index (Phi) is 11.7. The Morgan fingerprint density at radius 1 is 0.549 bits per heavy atom. The van der Waals surface area contributed by atoms with Gasteiger partial charge in [-0.05, 0) is 181 Å². The molecule has 12 rings (SSSR count). The Morgan fingerprint density at radius 2 is 1.17 bits per heavy atom. The van der Waals surface area contributed by atoms with E-state index in [0.29, 0.717) is 0 Å². The van der Waals surface area contributed by atoms with Crippen LogP contribution in [0.2, 0.25) is 0 Å². The quantitative estimate of drug-likeness (QED) is 0.0776. The van der Waals surface area contributed by atoms with Crippen LogP contribution in [0, 0.1) is 0 Å². The van der Waals surface area contributed by atoms with Crippen LogP contribution in [0.5, 0.6) is 0 Å². The summed E-state index contributed by atoms with van der Waals surface area (Å²) in [5, 5.41) is 11.8. The van der Waals surface area contributed by atoms with Crippen molar-refractivity contribution in [3.8, 4) is 0 Å². The van der Waals surface area contributed by atoms with Gasteiger partial charge in [0.2, 0.25) is 0 Å². The number of hydrogen-bond donors (Lipinski definition) is 0. The van der Waals surface area contributed by atoms with Crippen LogP contribution in [0.3, 0.4) is 0 Å². The summed E-state index contributed by atoms with van der Waals surface area (Å²) >= 11 is 0. The molecule has 2 heterocycles. The molecule has 71 heavy (non-hydrogen) atoms. The number of hydrogen-bond acceptors (Lipinski definition) is 2. The van der Waals surface area contributed by atoms with E-state index in [2.05, 4.69) is 238 Å². The number of furan rings is 2. The molecule has 0 saturated heterocycles. The molecule has 2 nitrogen and oxygen atoms in total. The van der Waals surface area contributed by atoms with Crippen molar-refractivity contribution >= 4 is 89.2 Å². The van der Waals surface area contributed by atoms with Crippen LogP contribution in [0.25, 0.3) is 89.2 Å². The Bertz CT molecular complexity index is 4090. The van der Waals surface area contributed by atoms with Crippen molar-refractivity contribution in [1.82, 2.24) is 0 Å². The molecule has 3 aliphatic carbocycles. The zero-order chi connectivity index (χ0) is 47.7. The van der Waals surface area contributed by atoms with Crippen molar-refractivity contribution in [3.63, 3.8) is 0 Å². The molecule has 0 radical (unpaired) electrons. The number of allylic oxidation sites excluding steroid dienone is 16. The van der Waals surface area contributed by atoms with Crippen molar-refractivity contribution < 1.29 is 8.83 Å². The smallest absolute Gasteiger partial charge is 0.135 e. The van der Waals surface area contributed by atoms with Crippen LogP contribution in [0.4, 0.5) is 0 Å². The maximum absolute atomic E-state index is 6.91. The van der Waals surface area contributed by atoms with E-state index < -0.39 is 0 Å². The fraction of sp³-hybridized carbons (Fsp3) is 0.0870. The molecule has 3 aliphatic rings. The molecule has 0 spiro atoms. The fourth-order valence-corrected chi connectivity index (χ4v) is 10.9. The van der Waals surface area contributed by atoms with Crippen LogP contribution < -0.4 is 10.4 Å². The molecular weight excluding hydrogens is 861 g/mol. The Balaban J connectivity index is 0.981. The third kappa shape index (κ3) is 8.09. The molecule has 340 valence electrons. The van der Waals surface area contributed by atoms with Crippen LogP contribution in [-0.4, -0.2) is 0 Å². The largest absolute Gasteiger partial charge is 0.456 e. The first-order valence-corrected chi connectivity index (χ1v) is 24.8. The predicted octanol–water partition coefficient (Wildman–Crippen LogP) is 16.8. The van der Waals surface area contributed by atoms with Crippen LogP contribution >= 0.6 is 0 Å².